The molecule has 0 radical (unpaired) electrons. The number of halogens is 2. The molecule has 4 rings (SSSR count). The van der Waals surface area contributed by atoms with E-state index < -0.39 is 0 Å². The monoisotopic (exact) mass is 377 g/mol. The highest BCUT2D eigenvalue weighted by molar-refractivity contribution is 6.31. The first-order valence-corrected chi connectivity index (χ1v) is 9.35. The molecule has 0 aromatic heterocycles. The zero-order valence-electron chi connectivity index (χ0n) is 14.4. The molecule has 1 spiro atoms. The average Bonchev–Trinajstić information content (AvgIpc) is 2.62. The highest BCUT2D eigenvalue weighted by Crippen LogP contribution is 2.35. The Hall–Kier alpha value is -1.22. The summed E-state index contributed by atoms with van der Waals surface area (Å²) in [6, 6.07) is 14.4. The summed E-state index contributed by atoms with van der Waals surface area (Å²) in [6.45, 7) is 1.69. The van der Waals surface area contributed by atoms with Gasteiger partial charge in [-0.2, -0.15) is 0 Å². The maximum absolute atomic E-state index is 6.20. The Morgan fingerprint density at radius 3 is 2.72 bits per heavy atom. The number of piperidine rings is 1. The van der Waals surface area contributed by atoms with Gasteiger partial charge in [-0.1, -0.05) is 42.3 Å². The van der Waals surface area contributed by atoms with Gasteiger partial charge >= 0.3 is 0 Å². The average molecular weight is 378 g/mol. The molecule has 1 unspecified atom stereocenters. The van der Waals surface area contributed by atoms with Crippen molar-refractivity contribution in [3.63, 3.8) is 0 Å². The molecular formula is C21H25Cl2NO. The van der Waals surface area contributed by atoms with Gasteiger partial charge in [0.15, 0.2) is 0 Å². The van der Waals surface area contributed by atoms with Crippen LogP contribution in [0.4, 0.5) is 0 Å². The molecule has 1 heterocycles. The minimum absolute atomic E-state index is 0. The number of hydrogen-bond donors (Lipinski definition) is 1. The first-order valence-electron chi connectivity index (χ1n) is 8.97. The fourth-order valence-electron chi connectivity index (χ4n) is 4.10. The lowest BCUT2D eigenvalue weighted by atomic mass is 9.74. The molecule has 1 saturated heterocycles. The molecule has 0 amide bonds. The molecule has 0 saturated carbocycles. The van der Waals surface area contributed by atoms with Crippen LogP contribution in [-0.2, 0) is 19.4 Å². The summed E-state index contributed by atoms with van der Waals surface area (Å²) in [5.74, 6) is 0.946. The maximum atomic E-state index is 6.20. The van der Waals surface area contributed by atoms with Crippen molar-refractivity contribution in [2.75, 3.05) is 6.54 Å². The Balaban J connectivity index is 0.00000182. The Morgan fingerprint density at radius 2 is 1.92 bits per heavy atom. The van der Waals surface area contributed by atoms with Gasteiger partial charge in [-0.05, 0) is 68.0 Å². The minimum atomic E-state index is 0. The third kappa shape index (κ3) is 4.13. The van der Waals surface area contributed by atoms with Gasteiger partial charge in [-0.25, -0.2) is 0 Å². The summed E-state index contributed by atoms with van der Waals surface area (Å²) < 4.78 is 5.98. The third-order valence-corrected chi connectivity index (χ3v) is 5.88. The van der Waals surface area contributed by atoms with Crippen LogP contribution in [0.5, 0.6) is 5.75 Å². The van der Waals surface area contributed by atoms with Crippen LogP contribution >= 0.6 is 24.0 Å². The molecule has 1 fully saturated rings. The molecule has 2 aliphatic rings. The van der Waals surface area contributed by atoms with E-state index in [1.807, 2.05) is 24.3 Å². The van der Waals surface area contributed by atoms with Crippen molar-refractivity contribution >= 4 is 24.0 Å². The van der Waals surface area contributed by atoms with E-state index in [9.17, 15) is 0 Å². The zero-order valence-corrected chi connectivity index (χ0v) is 16.0. The number of fused-ring (bicyclic) bond motifs is 1. The second-order valence-corrected chi connectivity index (χ2v) is 7.56. The van der Waals surface area contributed by atoms with E-state index in [0.29, 0.717) is 12.1 Å². The van der Waals surface area contributed by atoms with E-state index in [4.69, 9.17) is 16.3 Å². The number of aryl methyl sites for hydroxylation is 1. The molecule has 1 N–H and O–H groups in total. The van der Waals surface area contributed by atoms with Gasteiger partial charge in [0.05, 0.1) is 0 Å². The van der Waals surface area contributed by atoms with Gasteiger partial charge in [0, 0.05) is 16.1 Å². The molecule has 134 valence electrons. The van der Waals surface area contributed by atoms with Crippen LogP contribution < -0.4 is 10.1 Å². The minimum Gasteiger partial charge on any atom is -0.489 e. The Morgan fingerprint density at radius 1 is 1.04 bits per heavy atom. The summed E-state index contributed by atoms with van der Waals surface area (Å²) in [5.41, 5.74) is 4.32. The molecule has 2 aromatic carbocycles. The molecule has 2 aromatic rings. The van der Waals surface area contributed by atoms with Gasteiger partial charge in [-0.15, -0.1) is 12.4 Å². The van der Waals surface area contributed by atoms with Crippen LogP contribution in [0.2, 0.25) is 5.02 Å². The summed E-state index contributed by atoms with van der Waals surface area (Å²) >= 11 is 6.20. The molecule has 4 heteroatoms. The SMILES string of the molecule is Cl.Clc1ccccc1COc1ccc2c(c1)CCC1(CCCCN1)C2. The fraction of sp³-hybridized carbons (Fsp3) is 0.429. The van der Waals surface area contributed by atoms with E-state index >= 15 is 0 Å². The predicted octanol–water partition coefficient (Wildman–Crippen LogP) is 5.34. The number of rotatable bonds is 3. The van der Waals surface area contributed by atoms with E-state index in [2.05, 4.69) is 23.5 Å². The van der Waals surface area contributed by atoms with Crippen LogP contribution in [0.25, 0.3) is 0 Å². The molecule has 1 atom stereocenters. The summed E-state index contributed by atoms with van der Waals surface area (Å²) in [4.78, 5) is 0. The van der Waals surface area contributed by atoms with Crippen LogP contribution in [-0.4, -0.2) is 12.1 Å². The van der Waals surface area contributed by atoms with Crippen molar-refractivity contribution in [1.82, 2.24) is 5.32 Å². The van der Waals surface area contributed by atoms with Crippen molar-refractivity contribution in [2.24, 2.45) is 0 Å². The summed E-state index contributed by atoms with van der Waals surface area (Å²) in [5, 5.41) is 4.56. The first kappa shape index (κ1) is 18.6. The van der Waals surface area contributed by atoms with E-state index in [-0.39, 0.29) is 12.4 Å². The van der Waals surface area contributed by atoms with Crippen molar-refractivity contribution in [1.29, 1.82) is 0 Å². The standard InChI is InChI=1S/C21H24ClNO.ClH/c22-20-6-2-1-5-18(20)15-24-19-8-7-17-14-21(10-3-4-12-23-21)11-9-16(17)13-19;/h1-2,5-8,13,23H,3-4,9-12,14-15H2;1H. The van der Waals surface area contributed by atoms with Crippen LogP contribution in [0, 0.1) is 0 Å². The summed E-state index contributed by atoms with van der Waals surface area (Å²) in [6.07, 6.45) is 7.55. The Labute approximate surface area is 161 Å². The van der Waals surface area contributed by atoms with Crippen molar-refractivity contribution < 1.29 is 4.74 Å². The van der Waals surface area contributed by atoms with Crippen LogP contribution in [0.1, 0.15) is 42.4 Å². The van der Waals surface area contributed by atoms with Gasteiger partial charge in [0.1, 0.15) is 12.4 Å². The van der Waals surface area contributed by atoms with E-state index in [1.165, 1.54) is 43.4 Å². The second kappa shape index (κ2) is 7.99. The molecule has 0 bridgehead atoms. The second-order valence-electron chi connectivity index (χ2n) is 7.15. The number of ether oxygens (including phenoxy) is 1. The van der Waals surface area contributed by atoms with Gasteiger partial charge in [0.25, 0.3) is 0 Å². The lowest BCUT2D eigenvalue weighted by molar-refractivity contribution is 0.225. The number of nitrogens with one attached hydrogen (secondary N) is 1. The zero-order chi connectivity index (χ0) is 16.4. The van der Waals surface area contributed by atoms with Crippen molar-refractivity contribution in [2.45, 2.75) is 50.7 Å². The number of benzene rings is 2. The Kier molecular flexibility index (Phi) is 5.93. The first-order chi connectivity index (χ1) is 11.7. The molecule has 2 nitrogen and oxygen atoms in total. The maximum Gasteiger partial charge on any atom is 0.120 e. The lowest BCUT2D eigenvalue weighted by Gasteiger charge is -2.42. The van der Waals surface area contributed by atoms with Gasteiger partial charge < -0.3 is 10.1 Å². The van der Waals surface area contributed by atoms with Crippen LogP contribution in [0.3, 0.4) is 0 Å². The third-order valence-electron chi connectivity index (χ3n) is 5.51. The predicted molar refractivity (Wildman–Crippen MR) is 106 cm³/mol. The molecule has 25 heavy (non-hydrogen) atoms. The number of hydrogen-bond acceptors (Lipinski definition) is 2. The van der Waals surface area contributed by atoms with E-state index in [1.54, 1.807) is 0 Å². The van der Waals surface area contributed by atoms with Gasteiger partial charge in [-0.3, -0.25) is 0 Å². The largest absolute Gasteiger partial charge is 0.489 e. The normalized spacial score (nSPS) is 22.1. The van der Waals surface area contributed by atoms with Crippen LogP contribution in [0.15, 0.2) is 42.5 Å². The topological polar surface area (TPSA) is 21.3 Å². The van der Waals surface area contributed by atoms with Crippen molar-refractivity contribution in [3.8, 4) is 5.75 Å². The Bertz CT molecular complexity index is 726. The highest BCUT2D eigenvalue weighted by Gasteiger charge is 2.35. The van der Waals surface area contributed by atoms with E-state index in [0.717, 1.165) is 29.2 Å². The highest BCUT2D eigenvalue weighted by atomic mass is 35.5. The quantitative estimate of drug-likeness (QED) is 0.778. The summed E-state index contributed by atoms with van der Waals surface area (Å²) in [7, 11) is 0. The fourth-order valence-corrected chi connectivity index (χ4v) is 4.29. The lowest BCUT2D eigenvalue weighted by Crippen LogP contribution is -2.52. The van der Waals surface area contributed by atoms with Crippen molar-refractivity contribution in [3.05, 3.63) is 64.2 Å². The van der Waals surface area contributed by atoms with Gasteiger partial charge in [0.2, 0.25) is 0 Å². The smallest absolute Gasteiger partial charge is 0.120 e. The molecule has 1 aliphatic heterocycles. The molecule has 1 aliphatic carbocycles. The molecular weight excluding hydrogens is 353 g/mol.